The average molecular weight is 571 g/mol. The number of nitrogens with one attached hydrogen (secondary N) is 1. The lowest BCUT2D eigenvalue weighted by molar-refractivity contribution is 0.840. The first-order chi connectivity index (χ1) is 20.2. The number of fused-ring (bicyclic) bond motifs is 3. The van der Waals surface area contributed by atoms with Crippen molar-refractivity contribution < 1.29 is 0 Å². The number of anilines is 2. The molecule has 0 fully saturated rings. The highest BCUT2D eigenvalue weighted by atomic mass is 32.1. The molecule has 0 atom stereocenters. The molecule has 0 saturated heterocycles. The van der Waals surface area contributed by atoms with E-state index in [9.17, 15) is 4.79 Å². The van der Waals surface area contributed by atoms with Crippen molar-refractivity contribution in [2.24, 2.45) is 4.85 Å². The Kier molecular flexibility index (Phi) is 6.47. The molecule has 0 aliphatic heterocycles. The molecule has 0 aliphatic rings. The zero-order chi connectivity index (χ0) is 27.6. The van der Waals surface area contributed by atoms with Gasteiger partial charge in [0.1, 0.15) is 20.6 Å². The molecule has 0 aliphatic carbocycles. The molecule has 0 radical (unpaired) electrons. The van der Waals surface area contributed by atoms with E-state index in [0.717, 1.165) is 21.6 Å². The first-order valence-electron chi connectivity index (χ1n) is 13.0. The fraction of sp³-hybridized carbons (Fsp3) is 0. The molecule has 0 bridgehead atoms. The number of para-hydroxylation sites is 1. The van der Waals surface area contributed by atoms with Crippen molar-refractivity contribution >= 4 is 66.5 Å². The van der Waals surface area contributed by atoms with Gasteiger partial charge in [0.15, 0.2) is 0 Å². The van der Waals surface area contributed by atoms with Gasteiger partial charge in [-0.2, -0.15) is 9.53 Å². The van der Waals surface area contributed by atoms with Crippen molar-refractivity contribution in [1.82, 2.24) is 19.6 Å². The lowest BCUT2D eigenvalue weighted by Crippen LogP contribution is -2.28. The van der Waals surface area contributed by atoms with Gasteiger partial charge in [-0.25, -0.2) is 15.0 Å². The van der Waals surface area contributed by atoms with Gasteiger partial charge in [-0.3, -0.25) is 4.79 Å². The minimum Gasteiger partial charge on any atom is -0.324 e. The van der Waals surface area contributed by atoms with E-state index in [1.807, 2.05) is 84.9 Å². The minimum absolute atomic E-state index is 0.273. The zero-order valence-electron chi connectivity index (χ0n) is 21.7. The summed E-state index contributed by atoms with van der Waals surface area (Å²) in [6.45, 7) is 0. The molecule has 41 heavy (non-hydrogen) atoms. The topological polar surface area (TPSA) is 85.1 Å². The number of aromatic nitrogens is 4. The molecule has 9 heteroatoms. The normalized spacial score (nSPS) is 11.5. The molecular formula is C32H23N6OPS. The number of benzene rings is 4. The van der Waals surface area contributed by atoms with Gasteiger partial charge in [-0.05, 0) is 12.1 Å². The Morgan fingerprint density at radius 1 is 0.659 bits per heavy atom. The van der Waals surface area contributed by atoms with Crippen molar-refractivity contribution in [2.45, 2.75) is 0 Å². The van der Waals surface area contributed by atoms with Crippen LogP contribution in [0.15, 0.2) is 143 Å². The fourth-order valence-corrected chi connectivity index (χ4v) is 9.31. The molecule has 3 heterocycles. The van der Waals surface area contributed by atoms with Gasteiger partial charge in [0.2, 0.25) is 5.95 Å². The quantitative estimate of drug-likeness (QED) is 0.245. The summed E-state index contributed by atoms with van der Waals surface area (Å²) in [5.74, 6) is 0.311. The van der Waals surface area contributed by atoms with Gasteiger partial charge < -0.3 is 5.32 Å². The van der Waals surface area contributed by atoms with E-state index in [-0.39, 0.29) is 5.56 Å². The molecule has 1 N–H and O–H groups in total. The third kappa shape index (κ3) is 4.43. The SMILES string of the molecule is O=c1c2sc3nccnc3c2nc(Nc2ccccc2)n1N=P(c1ccccc1)(c1ccccc1)c1ccccc1. The number of hydrogen-bond acceptors (Lipinski definition) is 7. The van der Waals surface area contributed by atoms with Crippen molar-refractivity contribution in [3.63, 3.8) is 0 Å². The maximum absolute atomic E-state index is 14.4. The van der Waals surface area contributed by atoms with Crippen LogP contribution in [0.3, 0.4) is 0 Å². The number of thiophene rings is 1. The van der Waals surface area contributed by atoms with Crippen LogP contribution in [0.5, 0.6) is 0 Å². The van der Waals surface area contributed by atoms with Crippen LogP contribution in [0.2, 0.25) is 0 Å². The van der Waals surface area contributed by atoms with Crippen LogP contribution in [0.1, 0.15) is 0 Å². The third-order valence-corrected chi connectivity index (χ3v) is 11.4. The van der Waals surface area contributed by atoms with E-state index in [4.69, 9.17) is 9.84 Å². The van der Waals surface area contributed by atoms with Crippen LogP contribution in [0.4, 0.5) is 11.6 Å². The molecule has 4 aromatic carbocycles. The minimum atomic E-state index is -2.76. The molecule has 7 nitrogen and oxygen atoms in total. The lowest BCUT2D eigenvalue weighted by Gasteiger charge is -2.27. The van der Waals surface area contributed by atoms with E-state index < -0.39 is 7.05 Å². The third-order valence-electron chi connectivity index (χ3n) is 6.75. The van der Waals surface area contributed by atoms with Crippen molar-refractivity contribution in [2.75, 3.05) is 5.32 Å². The maximum Gasteiger partial charge on any atom is 0.293 e. The van der Waals surface area contributed by atoms with Crippen LogP contribution in [-0.4, -0.2) is 19.6 Å². The second kappa shape index (κ2) is 10.6. The lowest BCUT2D eigenvalue weighted by atomic mass is 10.3. The molecule has 0 saturated carbocycles. The first-order valence-corrected chi connectivity index (χ1v) is 15.6. The summed E-state index contributed by atoms with van der Waals surface area (Å²) in [6, 6.07) is 40.3. The van der Waals surface area contributed by atoms with Gasteiger partial charge in [0, 0.05) is 34.0 Å². The number of nitrogens with zero attached hydrogens (tertiary/aromatic N) is 5. The second-order valence-electron chi connectivity index (χ2n) is 9.26. The predicted molar refractivity (Wildman–Crippen MR) is 170 cm³/mol. The summed E-state index contributed by atoms with van der Waals surface area (Å²) in [4.78, 5) is 34.5. The summed E-state index contributed by atoms with van der Waals surface area (Å²) >= 11 is 1.29. The number of hydrogen-bond donors (Lipinski definition) is 1. The molecular weight excluding hydrogens is 547 g/mol. The summed E-state index contributed by atoms with van der Waals surface area (Å²) in [5, 5.41) is 6.44. The second-order valence-corrected chi connectivity index (χ2v) is 13.3. The Morgan fingerprint density at radius 2 is 1.17 bits per heavy atom. The van der Waals surface area contributed by atoms with E-state index >= 15 is 0 Å². The van der Waals surface area contributed by atoms with Crippen LogP contribution in [0, 0.1) is 0 Å². The zero-order valence-corrected chi connectivity index (χ0v) is 23.4. The maximum atomic E-state index is 14.4. The summed E-state index contributed by atoms with van der Waals surface area (Å²) in [5.41, 5.74) is 1.63. The van der Waals surface area contributed by atoms with Crippen molar-refractivity contribution in [3.05, 3.63) is 144 Å². The highest BCUT2D eigenvalue weighted by molar-refractivity contribution is 7.87. The van der Waals surface area contributed by atoms with Crippen LogP contribution >= 0.6 is 18.4 Å². The van der Waals surface area contributed by atoms with Crippen LogP contribution in [0.25, 0.3) is 20.6 Å². The van der Waals surface area contributed by atoms with Gasteiger partial charge in [-0.1, -0.05) is 109 Å². The average Bonchev–Trinajstić information content (AvgIpc) is 3.42. The predicted octanol–water partition coefficient (Wildman–Crippen LogP) is 6.09. The van der Waals surface area contributed by atoms with Crippen LogP contribution < -0.4 is 26.8 Å². The van der Waals surface area contributed by atoms with E-state index in [1.54, 1.807) is 12.4 Å². The molecule has 0 spiro atoms. The van der Waals surface area contributed by atoms with E-state index in [2.05, 4.69) is 51.7 Å². The largest absolute Gasteiger partial charge is 0.324 e. The van der Waals surface area contributed by atoms with Gasteiger partial charge in [0.05, 0.1) is 7.05 Å². The Labute approximate surface area is 239 Å². The highest BCUT2D eigenvalue weighted by Gasteiger charge is 2.29. The smallest absolute Gasteiger partial charge is 0.293 e. The first kappa shape index (κ1) is 25.1. The Hall–Kier alpha value is -4.91. The monoisotopic (exact) mass is 570 g/mol. The molecule has 0 amide bonds. The van der Waals surface area contributed by atoms with Crippen molar-refractivity contribution in [1.29, 1.82) is 0 Å². The Morgan fingerprint density at radius 3 is 1.73 bits per heavy atom. The molecule has 198 valence electrons. The van der Waals surface area contributed by atoms with Crippen molar-refractivity contribution in [3.8, 4) is 0 Å². The van der Waals surface area contributed by atoms with E-state index in [1.165, 1.54) is 16.0 Å². The van der Waals surface area contributed by atoms with Crippen LogP contribution in [-0.2, 0) is 0 Å². The standard InChI is InChI=1S/C32H23N6OPS/c39-31-29-27(28-30(41-29)34-22-21-33-28)36-32(35-23-13-5-1-6-14-23)38(31)37-40(24-15-7-2-8-16-24,25-17-9-3-10-18-25)26-19-11-4-12-20-26/h1-22H,(H,35,36). The highest BCUT2D eigenvalue weighted by Crippen LogP contribution is 2.47. The van der Waals surface area contributed by atoms with Gasteiger partial charge in [-0.15, -0.1) is 11.3 Å². The molecule has 3 aromatic heterocycles. The Balaban J connectivity index is 1.64. The van der Waals surface area contributed by atoms with E-state index in [0.29, 0.717) is 26.5 Å². The summed E-state index contributed by atoms with van der Waals surface area (Å²) in [6.07, 6.45) is 3.24. The molecule has 7 rings (SSSR count). The number of rotatable bonds is 6. The summed E-state index contributed by atoms with van der Waals surface area (Å²) in [7, 11) is -2.76. The fourth-order valence-electron chi connectivity index (χ4n) is 4.89. The molecule has 0 unspecified atom stereocenters. The van der Waals surface area contributed by atoms with Gasteiger partial charge in [0.25, 0.3) is 5.56 Å². The Bertz CT molecular complexity index is 1990. The van der Waals surface area contributed by atoms with Gasteiger partial charge >= 0.3 is 0 Å². The summed E-state index contributed by atoms with van der Waals surface area (Å²) < 4.78 is 1.91. The molecule has 7 aromatic rings.